The molecule has 7 heteroatoms. The van der Waals surface area contributed by atoms with Gasteiger partial charge in [0.25, 0.3) is 0 Å². The zero-order valence-corrected chi connectivity index (χ0v) is 8.57. The molecule has 5 N–H and O–H groups in total. The third-order valence-electron chi connectivity index (χ3n) is 1.41. The molecule has 0 aromatic carbocycles. The van der Waals surface area contributed by atoms with Crippen molar-refractivity contribution in [1.82, 2.24) is 21.3 Å². The molecule has 0 aromatic heterocycles. The summed E-state index contributed by atoms with van der Waals surface area (Å²) in [7, 11) is 0. The standard InChI is InChI=1S/C6H15N5OS/c1-3-11(4-2)6(13)9-10-8-5(7)12/h10H,3-4H2,1-2H3,(H,9,13)(H3,7,8,12). The van der Waals surface area contributed by atoms with Gasteiger partial charge in [0.2, 0.25) is 0 Å². The van der Waals surface area contributed by atoms with Crippen molar-refractivity contribution in [3.63, 3.8) is 0 Å². The lowest BCUT2D eigenvalue weighted by molar-refractivity contribution is 0.243. The van der Waals surface area contributed by atoms with Gasteiger partial charge in [-0.05, 0) is 26.1 Å². The third kappa shape index (κ3) is 5.21. The van der Waals surface area contributed by atoms with Gasteiger partial charge < -0.3 is 10.6 Å². The highest BCUT2D eigenvalue weighted by molar-refractivity contribution is 7.80. The molecule has 0 bridgehead atoms. The predicted molar refractivity (Wildman–Crippen MR) is 54.5 cm³/mol. The Labute approximate surface area is 82.8 Å². The molecule has 2 amide bonds. The van der Waals surface area contributed by atoms with Gasteiger partial charge in [-0.2, -0.15) is 0 Å². The molecule has 0 saturated heterocycles. The molecule has 6 nitrogen and oxygen atoms in total. The number of thiocarbonyl (C=S) groups is 1. The Morgan fingerprint density at radius 1 is 1.38 bits per heavy atom. The molecule has 0 atom stereocenters. The quantitative estimate of drug-likeness (QED) is 0.360. The number of hydrogen-bond acceptors (Lipinski definition) is 3. The summed E-state index contributed by atoms with van der Waals surface area (Å²) in [5.74, 6) is 0. The Morgan fingerprint density at radius 3 is 2.31 bits per heavy atom. The lowest BCUT2D eigenvalue weighted by atomic mass is 10.5. The number of nitrogens with one attached hydrogen (secondary N) is 3. The molecule has 0 rings (SSSR count). The Morgan fingerprint density at radius 2 is 1.92 bits per heavy atom. The Balaban J connectivity index is 3.66. The molecular weight excluding hydrogens is 190 g/mol. The monoisotopic (exact) mass is 205 g/mol. The predicted octanol–water partition coefficient (Wildman–Crippen LogP) is -0.709. The first-order chi connectivity index (χ1) is 6.11. The minimum Gasteiger partial charge on any atom is -0.351 e. The zero-order valence-electron chi connectivity index (χ0n) is 7.76. The first kappa shape index (κ1) is 11.9. The van der Waals surface area contributed by atoms with Crippen LogP contribution < -0.4 is 22.1 Å². The average Bonchev–Trinajstić information content (AvgIpc) is 2.05. The molecule has 0 aliphatic heterocycles. The van der Waals surface area contributed by atoms with Crippen LogP contribution >= 0.6 is 12.2 Å². The molecule has 0 aliphatic rings. The Kier molecular flexibility index (Phi) is 5.90. The summed E-state index contributed by atoms with van der Waals surface area (Å²) in [6, 6.07) is -0.671. The van der Waals surface area contributed by atoms with E-state index in [1.54, 1.807) is 0 Å². The number of carbonyl (C=O) groups excluding carboxylic acids is 1. The number of urea groups is 1. The van der Waals surface area contributed by atoms with Crippen LogP contribution in [0.4, 0.5) is 4.79 Å². The maximum atomic E-state index is 10.2. The van der Waals surface area contributed by atoms with Crippen LogP contribution in [0.2, 0.25) is 0 Å². The van der Waals surface area contributed by atoms with Crippen LogP contribution in [-0.4, -0.2) is 29.1 Å². The summed E-state index contributed by atoms with van der Waals surface area (Å²) in [6.45, 7) is 5.58. The fourth-order valence-corrected chi connectivity index (χ4v) is 1.05. The number of nitrogens with two attached hydrogens (primary N) is 1. The van der Waals surface area contributed by atoms with Gasteiger partial charge in [-0.15, -0.1) is 5.53 Å². The number of amides is 2. The topological polar surface area (TPSA) is 82.4 Å². The number of hydrazine groups is 2. The smallest absolute Gasteiger partial charge is 0.327 e. The third-order valence-corrected chi connectivity index (χ3v) is 1.77. The van der Waals surface area contributed by atoms with E-state index in [1.807, 2.05) is 18.7 Å². The summed E-state index contributed by atoms with van der Waals surface area (Å²) in [6.07, 6.45) is 0. The molecule has 13 heavy (non-hydrogen) atoms. The number of hydrogen-bond donors (Lipinski definition) is 4. The highest BCUT2D eigenvalue weighted by Gasteiger charge is 2.02. The summed E-state index contributed by atoms with van der Waals surface area (Å²) in [5, 5.41) is 0.513. The van der Waals surface area contributed by atoms with E-state index in [4.69, 9.17) is 18.0 Å². The second kappa shape index (κ2) is 6.44. The highest BCUT2D eigenvalue weighted by Crippen LogP contribution is 1.86. The molecule has 0 heterocycles. The van der Waals surface area contributed by atoms with E-state index in [2.05, 4.69) is 16.4 Å². The van der Waals surface area contributed by atoms with Gasteiger partial charge in [0.1, 0.15) is 0 Å². The van der Waals surface area contributed by atoms with Crippen LogP contribution in [0.1, 0.15) is 13.8 Å². The van der Waals surface area contributed by atoms with Crippen molar-refractivity contribution in [2.75, 3.05) is 13.1 Å². The zero-order chi connectivity index (χ0) is 10.3. The number of primary amides is 1. The van der Waals surface area contributed by atoms with Crippen molar-refractivity contribution in [3.8, 4) is 0 Å². The molecule has 0 aliphatic carbocycles. The maximum absolute atomic E-state index is 10.2. The Hall–Kier alpha value is -1.08. The average molecular weight is 205 g/mol. The van der Waals surface area contributed by atoms with E-state index >= 15 is 0 Å². The normalized spacial score (nSPS) is 9.08. The van der Waals surface area contributed by atoms with Gasteiger partial charge in [0.15, 0.2) is 5.11 Å². The summed E-state index contributed by atoms with van der Waals surface area (Å²) in [5.41, 5.74) is 11.9. The van der Waals surface area contributed by atoms with Crippen LogP contribution in [-0.2, 0) is 0 Å². The van der Waals surface area contributed by atoms with E-state index in [1.165, 1.54) is 0 Å². The molecule has 0 saturated carbocycles. The van der Waals surface area contributed by atoms with E-state index in [0.29, 0.717) is 5.11 Å². The number of carbonyl (C=O) groups is 1. The van der Waals surface area contributed by atoms with Crippen LogP contribution in [0, 0.1) is 0 Å². The van der Waals surface area contributed by atoms with Gasteiger partial charge in [0.05, 0.1) is 0 Å². The second-order valence-corrected chi connectivity index (χ2v) is 2.60. The largest absolute Gasteiger partial charge is 0.351 e. The van der Waals surface area contributed by atoms with Crippen molar-refractivity contribution in [1.29, 1.82) is 0 Å². The van der Waals surface area contributed by atoms with Crippen molar-refractivity contribution in [2.45, 2.75) is 13.8 Å². The molecule has 0 aromatic rings. The molecule has 76 valence electrons. The van der Waals surface area contributed by atoms with E-state index < -0.39 is 6.03 Å². The second-order valence-electron chi connectivity index (χ2n) is 2.22. The lowest BCUT2D eigenvalue weighted by Crippen LogP contribution is -2.54. The first-order valence-corrected chi connectivity index (χ1v) is 4.38. The summed E-state index contributed by atoms with van der Waals surface area (Å²) >= 11 is 4.99. The lowest BCUT2D eigenvalue weighted by Gasteiger charge is -2.22. The number of nitrogens with zero attached hydrogens (tertiary/aromatic N) is 1. The van der Waals surface area contributed by atoms with Crippen LogP contribution in [0.3, 0.4) is 0 Å². The van der Waals surface area contributed by atoms with Crippen LogP contribution in [0.25, 0.3) is 0 Å². The van der Waals surface area contributed by atoms with Crippen molar-refractivity contribution in [3.05, 3.63) is 0 Å². The van der Waals surface area contributed by atoms with Gasteiger partial charge in [-0.3, -0.25) is 10.9 Å². The summed E-state index contributed by atoms with van der Waals surface area (Å²) < 4.78 is 0. The minimum atomic E-state index is -0.671. The molecule has 0 radical (unpaired) electrons. The number of rotatable bonds is 4. The van der Waals surface area contributed by atoms with Crippen LogP contribution in [0.15, 0.2) is 0 Å². The van der Waals surface area contributed by atoms with E-state index in [-0.39, 0.29) is 0 Å². The summed E-state index contributed by atoms with van der Waals surface area (Å²) in [4.78, 5) is 12.1. The highest BCUT2D eigenvalue weighted by atomic mass is 32.1. The van der Waals surface area contributed by atoms with Crippen LogP contribution in [0.5, 0.6) is 0 Å². The fraction of sp³-hybridized carbons (Fsp3) is 0.667. The van der Waals surface area contributed by atoms with Gasteiger partial charge in [-0.1, -0.05) is 0 Å². The molecular formula is C6H15N5OS. The van der Waals surface area contributed by atoms with Gasteiger partial charge in [-0.25, -0.2) is 4.79 Å². The van der Waals surface area contributed by atoms with Crippen molar-refractivity contribution in [2.24, 2.45) is 5.73 Å². The Bertz CT molecular complexity index is 182. The van der Waals surface area contributed by atoms with Crippen molar-refractivity contribution < 1.29 is 4.79 Å². The fourth-order valence-electron chi connectivity index (χ4n) is 0.736. The van der Waals surface area contributed by atoms with Gasteiger partial charge >= 0.3 is 6.03 Å². The van der Waals surface area contributed by atoms with E-state index in [9.17, 15) is 4.79 Å². The maximum Gasteiger partial charge on any atom is 0.327 e. The SMILES string of the molecule is CCN(CC)C(=S)NNNC(N)=O. The van der Waals surface area contributed by atoms with Gasteiger partial charge in [0, 0.05) is 13.1 Å². The minimum absolute atomic E-state index is 0.513. The van der Waals surface area contributed by atoms with Crippen molar-refractivity contribution >= 4 is 23.4 Å². The van der Waals surface area contributed by atoms with E-state index in [0.717, 1.165) is 13.1 Å². The molecule has 0 unspecified atom stereocenters. The molecule has 0 spiro atoms. The molecule has 0 fully saturated rings. The first-order valence-electron chi connectivity index (χ1n) is 3.97.